The van der Waals surface area contributed by atoms with Crippen molar-refractivity contribution in [3.63, 3.8) is 0 Å². The van der Waals surface area contributed by atoms with E-state index < -0.39 is 0 Å². The van der Waals surface area contributed by atoms with Gasteiger partial charge < -0.3 is 10.2 Å². The van der Waals surface area contributed by atoms with Crippen molar-refractivity contribution in [2.24, 2.45) is 5.92 Å². The Morgan fingerprint density at radius 2 is 1.83 bits per heavy atom. The lowest BCUT2D eigenvalue weighted by atomic mass is 9.96. The predicted octanol–water partition coefficient (Wildman–Crippen LogP) is 4.09. The molecule has 3 rings (SSSR count). The molecule has 1 fully saturated rings. The maximum Gasteiger partial charge on any atom is 0.253 e. The number of aromatic nitrogens is 1. The van der Waals surface area contributed by atoms with Crippen LogP contribution in [0.15, 0.2) is 23.6 Å². The molecular weight excluding hydrogens is 382 g/mol. The molecular formula is C23H31N3O2S. The first-order valence-electron chi connectivity index (χ1n) is 10.4. The van der Waals surface area contributed by atoms with Crippen LogP contribution in [0.2, 0.25) is 0 Å². The Morgan fingerprint density at radius 3 is 2.45 bits per heavy atom. The van der Waals surface area contributed by atoms with Crippen LogP contribution in [0.25, 0.3) is 0 Å². The van der Waals surface area contributed by atoms with Crippen LogP contribution in [-0.4, -0.2) is 41.3 Å². The largest absolute Gasteiger partial charge is 0.355 e. The van der Waals surface area contributed by atoms with E-state index in [1.165, 1.54) is 0 Å². The second kappa shape index (κ2) is 9.53. The lowest BCUT2D eigenvalue weighted by molar-refractivity contribution is -0.123. The number of carbonyl (C=O) groups excluding carboxylic acids is 2. The van der Waals surface area contributed by atoms with Gasteiger partial charge in [-0.05, 0) is 38.8 Å². The van der Waals surface area contributed by atoms with E-state index in [1.807, 2.05) is 44.7 Å². The van der Waals surface area contributed by atoms with Gasteiger partial charge >= 0.3 is 0 Å². The molecule has 5 nitrogen and oxygen atoms in total. The third-order valence-corrected chi connectivity index (χ3v) is 6.43. The van der Waals surface area contributed by atoms with Crippen molar-refractivity contribution in [1.29, 1.82) is 0 Å². The molecule has 0 bridgehead atoms. The van der Waals surface area contributed by atoms with Crippen LogP contribution in [0.3, 0.4) is 0 Å². The number of hydrogen-bond donors (Lipinski definition) is 1. The van der Waals surface area contributed by atoms with E-state index in [4.69, 9.17) is 4.98 Å². The SMILES string of the molecule is Cc1cc(C)cc(C(=O)N2CCC(c3nc(CCNC(=O)C(C)C)cs3)CC2)c1. The highest BCUT2D eigenvalue weighted by molar-refractivity contribution is 7.09. The van der Waals surface area contributed by atoms with Gasteiger partial charge in [-0.15, -0.1) is 11.3 Å². The van der Waals surface area contributed by atoms with Crippen molar-refractivity contribution >= 4 is 23.2 Å². The summed E-state index contributed by atoms with van der Waals surface area (Å²) >= 11 is 1.70. The average molecular weight is 414 g/mol. The summed E-state index contributed by atoms with van der Waals surface area (Å²) in [6, 6.07) is 6.05. The Bertz CT molecular complexity index is 847. The maximum atomic E-state index is 12.9. The highest BCUT2D eigenvalue weighted by atomic mass is 32.1. The Labute approximate surface area is 177 Å². The molecule has 2 heterocycles. The number of amides is 2. The van der Waals surface area contributed by atoms with Crippen molar-refractivity contribution < 1.29 is 9.59 Å². The van der Waals surface area contributed by atoms with E-state index in [1.54, 1.807) is 11.3 Å². The summed E-state index contributed by atoms with van der Waals surface area (Å²) in [6.07, 6.45) is 2.67. The predicted molar refractivity (Wildman–Crippen MR) is 117 cm³/mol. The van der Waals surface area contributed by atoms with Crippen LogP contribution in [0.5, 0.6) is 0 Å². The lowest BCUT2D eigenvalue weighted by Crippen LogP contribution is -2.38. The van der Waals surface area contributed by atoms with E-state index in [2.05, 4.69) is 16.8 Å². The second-order valence-electron chi connectivity index (χ2n) is 8.32. The van der Waals surface area contributed by atoms with E-state index in [-0.39, 0.29) is 17.7 Å². The fraction of sp³-hybridized carbons (Fsp3) is 0.522. The summed E-state index contributed by atoms with van der Waals surface area (Å²) in [7, 11) is 0. The van der Waals surface area contributed by atoms with Gasteiger partial charge in [0.1, 0.15) is 0 Å². The Morgan fingerprint density at radius 1 is 1.17 bits per heavy atom. The van der Waals surface area contributed by atoms with Crippen LogP contribution in [0.1, 0.15) is 64.8 Å². The van der Waals surface area contributed by atoms with Gasteiger partial charge in [0.15, 0.2) is 0 Å². The number of rotatable bonds is 6. The summed E-state index contributed by atoms with van der Waals surface area (Å²) in [5.41, 5.74) is 4.09. The fourth-order valence-corrected chi connectivity index (χ4v) is 4.78. The molecule has 0 radical (unpaired) electrons. The molecule has 0 saturated carbocycles. The third-order valence-electron chi connectivity index (χ3n) is 5.37. The van der Waals surface area contributed by atoms with E-state index in [0.29, 0.717) is 12.5 Å². The van der Waals surface area contributed by atoms with Gasteiger partial charge in [-0.1, -0.05) is 31.0 Å². The first kappa shape index (κ1) is 21.5. The molecule has 156 valence electrons. The molecule has 6 heteroatoms. The molecule has 1 aromatic heterocycles. The van der Waals surface area contributed by atoms with Gasteiger partial charge in [0.25, 0.3) is 5.91 Å². The number of likely N-dealkylation sites (tertiary alicyclic amines) is 1. The first-order valence-corrected chi connectivity index (χ1v) is 11.3. The highest BCUT2D eigenvalue weighted by Gasteiger charge is 2.26. The van der Waals surface area contributed by atoms with Crippen molar-refractivity contribution in [1.82, 2.24) is 15.2 Å². The van der Waals surface area contributed by atoms with Crippen molar-refractivity contribution in [3.8, 4) is 0 Å². The Kier molecular flexibility index (Phi) is 7.06. The number of carbonyl (C=O) groups is 2. The molecule has 2 amide bonds. The summed E-state index contributed by atoms with van der Waals surface area (Å²) in [5.74, 6) is 0.650. The van der Waals surface area contributed by atoms with Crippen LogP contribution in [0, 0.1) is 19.8 Å². The molecule has 0 atom stereocenters. The molecule has 0 spiro atoms. The minimum Gasteiger partial charge on any atom is -0.355 e. The van der Waals surface area contributed by atoms with E-state index in [0.717, 1.165) is 59.7 Å². The van der Waals surface area contributed by atoms with Gasteiger partial charge in [0.05, 0.1) is 10.7 Å². The fourth-order valence-electron chi connectivity index (χ4n) is 3.75. The van der Waals surface area contributed by atoms with Crippen LogP contribution < -0.4 is 5.32 Å². The van der Waals surface area contributed by atoms with Crippen molar-refractivity contribution in [2.45, 2.75) is 52.9 Å². The summed E-state index contributed by atoms with van der Waals surface area (Å²) in [4.78, 5) is 31.3. The minimum absolute atomic E-state index is 0.0117. The number of benzene rings is 1. The third kappa shape index (κ3) is 5.66. The van der Waals surface area contributed by atoms with Crippen LogP contribution in [-0.2, 0) is 11.2 Å². The molecule has 1 aliphatic rings. The van der Waals surface area contributed by atoms with E-state index >= 15 is 0 Å². The van der Waals surface area contributed by atoms with Gasteiger partial charge in [-0.2, -0.15) is 0 Å². The molecule has 1 aromatic carbocycles. The zero-order valence-electron chi connectivity index (χ0n) is 17.8. The number of thiazole rings is 1. The molecule has 1 N–H and O–H groups in total. The maximum absolute atomic E-state index is 12.9. The number of nitrogens with zero attached hydrogens (tertiary/aromatic N) is 2. The minimum atomic E-state index is 0.0117. The van der Waals surface area contributed by atoms with Gasteiger partial charge in [-0.25, -0.2) is 4.98 Å². The quantitative estimate of drug-likeness (QED) is 0.776. The van der Waals surface area contributed by atoms with Gasteiger partial charge in [0.2, 0.25) is 5.91 Å². The van der Waals surface area contributed by atoms with Gasteiger partial charge in [0, 0.05) is 48.8 Å². The number of aryl methyl sites for hydroxylation is 2. The first-order chi connectivity index (χ1) is 13.8. The second-order valence-corrected chi connectivity index (χ2v) is 9.21. The summed E-state index contributed by atoms with van der Waals surface area (Å²) in [5, 5.41) is 6.20. The van der Waals surface area contributed by atoms with Gasteiger partial charge in [-0.3, -0.25) is 9.59 Å². The standard InChI is InChI=1S/C23H31N3O2S/c1-15(2)21(27)24-8-5-20-14-29-22(25-20)18-6-9-26(10-7-18)23(28)19-12-16(3)11-17(4)13-19/h11-15,18H,5-10H2,1-4H3,(H,24,27). The molecule has 0 aliphatic carbocycles. The topological polar surface area (TPSA) is 62.3 Å². The lowest BCUT2D eigenvalue weighted by Gasteiger charge is -2.31. The Hall–Kier alpha value is -2.21. The molecule has 1 saturated heterocycles. The number of hydrogen-bond acceptors (Lipinski definition) is 4. The average Bonchev–Trinajstić information content (AvgIpc) is 3.15. The zero-order chi connectivity index (χ0) is 21.0. The summed E-state index contributed by atoms with van der Waals surface area (Å²) in [6.45, 7) is 10.0. The van der Waals surface area contributed by atoms with Crippen LogP contribution in [0.4, 0.5) is 0 Å². The van der Waals surface area contributed by atoms with E-state index in [9.17, 15) is 9.59 Å². The monoisotopic (exact) mass is 413 g/mol. The highest BCUT2D eigenvalue weighted by Crippen LogP contribution is 2.31. The summed E-state index contributed by atoms with van der Waals surface area (Å²) < 4.78 is 0. The number of piperidine rings is 1. The number of nitrogens with one attached hydrogen (secondary N) is 1. The molecule has 2 aromatic rings. The molecule has 1 aliphatic heterocycles. The van der Waals surface area contributed by atoms with Crippen LogP contribution >= 0.6 is 11.3 Å². The molecule has 29 heavy (non-hydrogen) atoms. The molecule has 0 unspecified atom stereocenters. The smallest absolute Gasteiger partial charge is 0.253 e. The van der Waals surface area contributed by atoms with Crippen molar-refractivity contribution in [2.75, 3.05) is 19.6 Å². The Balaban J connectivity index is 1.51. The normalized spacial score (nSPS) is 15.0. The van der Waals surface area contributed by atoms with Crippen molar-refractivity contribution in [3.05, 3.63) is 51.0 Å². The zero-order valence-corrected chi connectivity index (χ0v) is 18.6.